The smallest absolute Gasteiger partial charge is 0.242 e. The van der Waals surface area contributed by atoms with Crippen LogP contribution in [0.4, 0.5) is 0 Å². The largest absolute Gasteiger partial charge is 0.383 e. The lowest BCUT2D eigenvalue weighted by Gasteiger charge is -2.07. The lowest BCUT2D eigenvalue weighted by Crippen LogP contribution is -2.33. The fraction of sp³-hybridized carbons (Fsp3) is 0.500. The zero-order valence-corrected chi connectivity index (χ0v) is 13.6. The molecule has 0 aliphatic heterocycles. The van der Waals surface area contributed by atoms with E-state index in [9.17, 15) is 8.42 Å². The molecule has 0 unspecified atom stereocenters. The van der Waals surface area contributed by atoms with Gasteiger partial charge in [-0.1, -0.05) is 0 Å². The average molecular weight is 375 g/mol. The molecule has 0 radical (unpaired) electrons. The first-order valence-electron chi connectivity index (χ1n) is 5.36. The van der Waals surface area contributed by atoms with Crippen molar-refractivity contribution in [1.29, 1.82) is 0 Å². The Morgan fingerprint density at radius 3 is 2.68 bits per heavy atom. The fourth-order valence-electron chi connectivity index (χ4n) is 1.20. The molecule has 0 spiro atoms. The topological polar surface area (TPSA) is 80.3 Å². The molecule has 0 atom stereocenters. The first kappa shape index (κ1) is 18.8. The Bertz CT molecular complexity index is 473. The van der Waals surface area contributed by atoms with E-state index in [0.29, 0.717) is 30.7 Å². The van der Waals surface area contributed by atoms with Gasteiger partial charge in [-0.25, -0.2) is 13.1 Å². The van der Waals surface area contributed by atoms with Crippen LogP contribution in [-0.4, -0.2) is 46.8 Å². The highest BCUT2D eigenvalue weighted by molar-refractivity contribution is 9.10. The second kappa shape index (κ2) is 9.62. The third-order valence-electron chi connectivity index (χ3n) is 2.07. The number of aromatic nitrogens is 1. The number of methoxy groups -OCH3 is 1. The van der Waals surface area contributed by atoms with E-state index < -0.39 is 10.0 Å². The summed E-state index contributed by atoms with van der Waals surface area (Å²) < 4.78 is 31.7. The summed E-state index contributed by atoms with van der Waals surface area (Å²) in [5, 5.41) is 3.04. The van der Waals surface area contributed by atoms with Gasteiger partial charge in [-0.15, -0.1) is 12.4 Å². The minimum atomic E-state index is -3.49. The SMILES string of the molecule is COCCNCCNS(=O)(=O)c1cncc(Br)c1.Cl. The van der Waals surface area contributed by atoms with Crippen molar-refractivity contribution < 1.29 is 13.2 Å². The number of ether oxygens (including phenoxy) is 1. The second-order valence-electron chi connectivity index (χ2n) is 3.48. The quantitative estimate of drug-likeness (QED) is 0.657. The molecular weight excluding hydrogens is 358 g/mol. The molecule has 0 saturated heterocycles. The summed E-state index contributed by atoms with van der Waals surface area (Å²) in [6.07, 6.45) is 2.84. The molecule has 1 aromatic heterocycles. The molecule has 0 fully saturated rings. The van der Waals surface area contributed by atoms with Gasteiger partial charge < -0.3 is 10.1 Å². The molecule has 0 aromatic carbocycles. The molecule has 110 valence electrons. The van der Waals surface area contributed by atoms with Gasteiger partial charge in [0.2, 0.25) is 10.0 Å². The van der Waals surface area contributed by atoms with Crippen molar-refractivity contribution >= 4 is 38.4 Å². The highest BCUT2D eigenvalue weighted by Gasteiger charge is 2.13. The lowest BCUT2D eigenvalue weighted by atomic mass is 10.5. The maximum Gasteiger partial charge on any atom is 0.242 e. The van der Waals surface area contributed by atoms with Gasteiger partial charge in [0, 0.05) is 43.6 Å². The summed E-state index contributed by atoms with van der Waals surface area (Å²) in [4.78, 5) is 3.97. The van der Waals surface area contributed by atoms with Gasteiger partial charge in [0.15, 0.2) is 0 Å². The van der Waals surface area contributed by atoms with E-state index in [2.05, 4.69) is 31.0 Å². The summed E-state index contributed by atoms with van der Waals surface area (Å²) >= 11 is 3.18. The maximum absolute atomic E-state index is 11.8. The molecule has 2 N–H and O–H groups in total. The zero-order chi connectivity index (χ0) is 13.4. The molecule has 19 heavy (non-hydrogen) atoms. The van der Waals surface area contributed by atoms with Gasteiger partial charge in [-0.3, -0.25) is 4.98 Å². The highest BCUT2D eigenvalue weighted by Crippen LogP contribution is 2.13. The Morgan fingerprint density at radius 1 is 1.32 bits per heavy atom. The van der Waals surface area contributed by atoms with Crippen LogP contribution in [0.3, 0.4) is 0 Å². The van der Waals surface area contributed by atoms with E-state index >= 15 is 0 Å². The highest BCUT2D eigenvalue weighted by atomic mass is 79.9. The summed E-state index contributed by atoms with van der Waals surface area (Å²) in [7, 11) is -1.87. The van der Waals surface area contributed by atoms with Gasteiger partial charge in [-0.2, -0.15) is 0 Å². The van der Waals surface area contributed by atoms with Crippen LogP contribution in [0.25, 0.3) is 0 Å². The van der Waals surface area contributed by atoms with Crippen molar-refractivity contribution in [2.24, 2.45) is 0 Å². The average Bonchev–Trinajstić information content (AvgIpc) is 2.33. The van der Waals surface area contributed by atoms with Crippen molar-refractivity contribution in [2.45, 2.75) is 4.90 Å². The van der Waals surface area contributed by atoms with Gasteiger partial charge in [0.1, 0.15) is 4.90 Å². The Labute approximate surface area is 127 Å². The van der Waals surface area contributed by atoms with Gasteiger partial charge in [0.25, 0.3) is 0 Å². The monoisotopic (exact) mass is 373 g/mol. The molecule has 1 heterocycles. The van der Waals surface area contributed by atoms with E-state index in [1.807, 2.05) is 0 Å². The first-order valence-corrected chi connectivity index (χ1v) is 7.64. The maximum atomic E-state index is 11.8. The molecule has 1 rings (SSSR count). The lowest BCUT2D eigenvalue weighted by molar-refractivity contribution is 0.199. The number of pyridine rings is 1. The Morgan fingerprint density at radius 2 is 2.05 bits per heavy atom. The normalized spacial score (nSPS) is 11.1. The predicted octanol–water partition coefficient (Wildman–Crippen LogP) is 0.780. The molecule has 0 amide bonds. The summed E-state index contributed by atoms with van der Waals surface area (Å²) in [5.41, 5.74) is 0. The minimum Gasteiger partial charge on any atom is -0.383 e. The van der Waals surface area contributed by atoms with E-state index in [1.165, 1.54) is 18.5 Å². The number of halogens is 2. The van der Waals surface area contributed by atoms with Crippen molar-refractivity contribution in [3.05, 3.63) is 22.9 Å². The number of sulfonamides is 1. The van der Waals surface area contributed by atoms with Crippen LogP contribution in [-0.2, 0) is 14.8 Å². The van der Waals surface area contributed by atoms with E-state index in [0.717, 1.165) is 0 Å². The molecule has 1 aromatic rings. The van der Waals surface area contributed by atoms with Gasteiger partial charge >= 0.3 is 0 Å². The van der Waals surface area contributed by atoms with Crippen molar-refractivity contribution in [2.75, 3.05) is 33.4 Å². The van der Waals surface area contributed by atoms with Crippen LogP contribution >= 0.6 is 28.3 Å². The van der Waals surface area contributed by atoms with Crippen molar-refractivity contribution in [3.63, 3.8) is 0 Å². The van der Waals surface area contributed by atoms with Crippen molar-refractivity contribution in [3.8, 4) is 0 Å². The van der Waals surface area contributed by atoms with Gasteiger partial charge in [-0.05, 0) is 22.0 Å². The number of nitrogens with zero attached hydrogens (tertiary/aromatic N) is 1. The zero-order valence-electron chi connectivity index (χ0n) is 10.4. The summed E-state index contributed by atoms with van der Waals surface area (Å²) in [6.45, 7) is 2.15. The molecule has 6 nitrogen and oxygen atoms in total. The summed E-state index contributed by atoms with van der Waals surface area (Å²) in [5.74, 6) is 0. The Balaban J connectivity index is 0.00000324. The standard InChI is InChI=1S/C10H16BrN3O3S.ClH/c1-17-5-4-12-2-3-14-18(15,16)10-6-9(11)7-13-8-10;/h6-8,12,14H,2-5H2,1H3;1H. The number of hydrogen-bond donors (Lipinski definition) is 2. The van der Waals surface area contributed by atoms with Crippen LogP contribution in [0.15, 0.2) is 27.8 Å². The summed E-state index contributed by atoms with van der Waals surface area (Å²) in [6, 6.07) is 1.51. The van der Waals surface area contributed by atoms with Gasteiger partial charge in [0.05, 0.1) is 6.61 Å². The Hall–Kier alpha value is -0.250. The van der Waals surface area contributed by atoms with E-state index in [1.54, 1.807) is 7.11 Å². The fourth-order valence-corrected chi connectivity index (χ4v) is 2.73. The molecule has 0 aliphatic rings. The number of hydrogen-bond acceptors (Lipinski definition) is 5. The number of nitrogens with one attached hydrogen (secondary N) is 2. The van der Waals surface area contributed by atoms with Crippen LogP contribution in [0.2, 0.25) is 0 Å². The van der Waals surface area contributed by atoms with Crippen LogP contribution in [0.1, 0.15) is 0 Å². The molecule has 0 aliphatic carbocycles. The van der Waals surface area contributed by atoms with Crippen LogP contribution in [0, 0.1) is 0 Å². The van der Waals surface area contributed by atoms with Crippen LogP contribution < -0.4 is 10.0 Å². The molecule has 9 heteroatoms. The molecule has 0 saturated carbocycles. The third kappa shape index (κ3) is 7.19. The predicted molar refractivity (Wildman–Crippen MR) is 79.1 cm³/mol. The van der Waals surface area contributed by atoms with E-state index in [-0.39, 0.29) is 17.3 Å². The van der Waals surface area contributed by atoms with Crippen LogP contribution in [0.5, 0.6) is 0 Å². The molecular formula is C10H17BrClN3O3S. The number of rotatable bonds is 8. The second-order valence-corrected chi connectivity index (χ2v) is 6.16. The Kier molecular flexibility index (Phi) is 9.50. The molecule has 0 bridgehead atoms. The third-order valence-corrected chi connectivity index (χ3v) is 3.93. The van der Waals surface area contributed by atoms with Crippen molar-refractivity contribution in [1.82, 2.24) is 15.0 Å². The minimum absolute atomic E-state index is 0. The van der Waals surface area contributed by atoms with E-state index in [4.69, 9.17) is 4.74 Å². The first-order chi connectivity index (χ1) is 8.56.